The van der Waals surface area contributed by atoms with E-state index >= 15 is 0 Å². The summed E-state index contributed by atoms with van der Waals surface area (Å²) in [6.07, 6.45) is 0.857. The molecule has 0 spiro atoms. The molecule has 2 aromatic carbocycles. The van der Waals surface area contributed by atoms with Gasteiger partial charge in [-0.1, -0.05) is 30.3 Å². The highest BCUT2D eigenvalue weighted by atomic mass is 16.5. The van der Waals surface area contributed by atoms with Crippen molar-refractivity contribution in [2.75, 3.05) is 0 Å². The Labute approximate surface area is 113 Å². The van der Waals surface area contributed by atoms with Gasteiger partial charge < -0.3 is 9.84 Å². The molecule has 3 unspecified atom stereocenters. The van der Waals surface area contributed by atoms with Crippen LogP contribution in [0.1, 0.15) is 24.8 Å². The van der Waals surface area contributed by atoms with Gasteiger partial charge >= 0.3 is 0 Å². The fourth-order valence-corrected chi connectivity index (χ4v) is 2.56. The molecular weight excluding hydrogens is 236 g/mol. The van der Waals surface area contributed by atoms with Crippen molar-refractivity contribution in [3.63, 3.8) is 0 Å². The first-order valence-electron chi connectivity index (χ1n) is 6.75. The molecule has 2 nitrogen and oxygen atoms in total. The Bertz CT molecular complexity index is 548. The lowest BCUT2D eigenvalue weighted by Crippen LogP contribution is -2.03. The molecule has 1 fully saturated rings. The van der Waals surface area contributed by atoms with Crippen molar-refractivity contribution in [3.8, 4) is 11.5 Å². The molecule has 1 aliphatic carbocycles. The molecule has 1 aliphatic rings. The van der Waals surface area contributed by atoms with E-state index in [-0.39, 0.29) is 6.10 Å². The summed E-state index contributed by atoms with van der Waals surface area (Å²) in [5, 5.41) is 9.60. The lowest BCUT2D eigenvalue weighted by atomic mass is 10.1. The van der Waals surface area contributed by atoms with E-state index in [2.05, 4.69) is 12.1 Å². The predicted octanol–water partition coefficient (Wildman–Crippen LogP) is 3.96. The number of benzene rings is 2. The second kappa shape index (κ2) is 5.06. The summed E-state index contributed by atoms with van der Waals surface area (Å²) in [4.78, 5) is 0. The molecule has 0 aliphatic heterocycles. The molecule has 0 saturated heterocycles. The molecular formula is C17H18O2. The maximum Gasteiger partial charge on any atom is 0.127 e. The third-order valence-electron chi connectivity index (χ3n) is 3.72. The minimum Gasteiger partial charge on any atom is -0.457 e. The molecule has 3 rings (SSSR count). The molecule has 2 heteroatoms. The average molecular weight is 254 g/mol. The van der Waals surface area contributed by atoms with Crippen LogP contribution in [0.25, 0.3) is 0 Å². The van der Waals surface area contributed by atoms with E-state index in [0.717, 1.165) is 17.9 Å². The molecule has 0 radical (unpaired) electrons. The Morgan fingerprint density at radius 2 is 1.79 bits per heavy atom. The largest absolute Gasteiger partial charge is 0.457 e. The monoisotopic (exact) mass is 254 g/mol. The lowest BCUT2D eigenvalue weighted by molar-refractivity contribution is 0.169. The summed E-state index contributed by atoms with van der Waals surface area (Å²) < 4.78 is 5.83. The first-order valence-corrected chi connectivity index (χ1v) is 6.75. The van der Waals surface area contributed by atoms with E-state index in [1.807, 2.05) is 49.4 Å². The van der Waals surface area contributed by atoms with Crippen LogP contribution in [0.4, 0.5) is 0 Å². The van der Waals surface area contributed by atoms with Crippen LogP contribution in [0, 0.1) is 5.92 Å². The Balaban J connectivity index is 1.74. The van der Waals surface area contributed by atoms with Crippen LogP contribution in [0.5, 0.6) is 11.5 Å². The normalized spacial score (nSPS) is 22.8. The fourth-order valence-electron chi connectivity index (χ4n) is 2.56. The number of aliphatic hydroxyl groups excluding tert-OH is 1. The molecule has 0 aromatic heterocycles. The van der Waals surface area contributed by atoms with Crippen molar-refractivity contribution in [3.05, 3.63) is 60.2 Å². The van der Waals surface area contributed by atoms with E-state index in [1.54, 1.807) is 0 Å². The Morgan fingerprint density at radius 3 is 2.47 bits per heavy atom. The number of ether oxygens (including phenoxy) is 1. The summed E-state index contributed by atoms with van der Waals surface area (Å²) in [7, 11) is 0. The van der Waals surface area contributed by atoms with Crippen molar-refractivity contribution in [1.29, 1.82) is 0 Å². The second-order valence-electron chi connectivity index (χ2n) is 5.23. The lowest BCUT2D eigenvalue weighted by Gasteiger charge is -2.08. The highest BCUT2D eigenvalue weighted by Gasteiger charge is 2.41. The van der Waals surface area contributed by atoms with E-state index in [0.29, 0.717) is 11.8 Å². The van der Waals surface area contributed by atoms with Gasteiger partial charge in [0.1, 0.15) is 11.5 Å². The highest BCUT2D eigenvalue weighted by Crippen LogP contribution is 2.50. The zero-order valence-corrected chi connectivity index (χ0v) is 11.0. The van der Waals surface area contributed by atoms with Crippen molar-refractivity contribution < 1.29 is 9.84 Å². The van der Waals surface area contributed by atoms with Gasteiger partial charge in [-0.3, -0.25) is 0 Å². The van der Waals surface area contributed by atoms with E-state index in [1.165, 1.54) is 5.56 Å². The number of hydrogen-bond acceptors (Lipinski definition) is 2. The summed E-state index contributed by atoms with van der Waals surface area (Å²) in [5.74, 6) is 2.61. The molecule has 0 bridgehead atoms. The second-order valence-corrected chi connectivity index (χ2v) is 5.23. The van der Waals surface area contributed by atoms with Gasteiger partial charge in [-0.05, 0) is 55.0 Å². The molecule has 2 aromatic rings. The van der Waals surface area contributed by atoms with Gasteiger partial charge in [-0.2, -0.15) is 0 Å². The van der Waals surface area contributed by atoms with Gasteiger partial charge in [-0.25, -0.2) is 0 Å². The van der Waals surface area contributed by atoms with Crippen molar-refractivity contribution in [1.82, 2.24) is 0 Å². The Morgan fingerprint density at radius 1 is 1.05 bits per heavy atom. The zero-order valence-electron chi connectivity index (χ0n) is 11.0. The summed E-state index contributed by atoms with van der Waals surface area (Å²) in [6.45, 7) is 1.87. The van der Waals surface area contributed by atoms with Crippen LogP contribution in [0.15, 0.2) is 54.6 Å². The first kappa shape index (κ1) is 12.2. The van der Waals surface area contributed by atoms with Gasteiger partial charge in [0, 0.05) is 0 Å². The maximum absolute atomic E-state index is 9.60. The summed E-state index contributed by atoms with van der Waals surface area (Å²) in [5.41, 5.74) is 1.26. The number of hydrogen-bond donors (Lipinski definition) is 1. The molecule has 1 saturated carbocycles. The number of rotatable bonds is 4. The SMILES string of the molecule is CC(O)C1CC1c1cccc(Oc2ccccc2)c1. The topological polar surface area (TPSA) is 29.5 Å². The minimum atomic E-state index is -0.219. The van der Waals surface area contributed by atoms with Gasteiger partial charge in [-0.15, -0.1) is 0 Å². The maximum atomic E-state index is 9.60. The van der Waals surface area contributed by atoms with Crippen LogP contribution >= 0.6 is 0 Å². The Hall–Kier alpha value is -1.80. The summed E-state index contributed by atoms with van der Waals surface area (Å²) >= 11 is 0. The van der Waals surface area contributed by atoms with Crippen LogP contribution in [-0.2, 0) is 0 Å². The van der Waals surface area contributed by atoms with Crippen LogP contribution in [0.2, 0.25) is 0 Å². The van der Waals surface area contributed by atoms with Crippen LogP contribution in [0.3, 0.4) is 0 Å². The van der Waals surface area contributed by atoms with Crippen LogP contribution < -0.4 is 4.74 Å². The van der Waals surface area contributed by atoms with Gasteiger partial charge in [0.25, 0.3) is 0 Å². The first-order chi connectivity index (χ1) is 9.24. The Kier molecular flexibility index (Phi) is 3.26. The average Bonchev–Trinajstić information content (AvgIpc) is 3.20. The third kappa shape index (κ3) is 2.79. The predicted molar refractivity (Wildman–Crippen MR) is 75.5 cm³/mol. The molecule has 0 amide bonds. The molecule has 0 heterocycles. The fraction of sp³-hybridized carbons (Fsp3) is 0.294. The third-order valence-corrected chi connectivity index (χ3v) is 3.72. The molecule has 98 valence electrons. The number of para-hydroxylation sites is 1. The van der Waals surface area contributed by atoms with Crippen LogP contribution in [-0.4, -0.2) is 11.2 Å². The van der Waals surface area contributed by atoms with E-state index in [9.17, 15) is 5.11 Å². The standard InChI is InChI=1S/C17H18O2/c1-12(18)16-11-17(16)13-6-5-9-15(10-13)19-14-7-3-2-4-8-14/h2-10,12,16-18H,11H2,1H3. The molecule has 1 N–H and O–H groups in total. The quantitative estimate of drug-likeness (QED) is 0.894. The zero-order chi connectivity index (χ0) is 13.2. The summed E-state index contributed by atoms with van der Waals surface area (Å²) in [6, 6.07) is 18.0. The minimum absolute atomic E-state index is 0.219. The molecule has 19 heavy (non-hydrogen) atoms. The van der Waals surface area contributed by atoms with Gasteiger partial charge in [0.2, 0.25) is 0 Å². The van der Waals surface area contributed by atoms with Crippen molar-refractivity contribution in [2.24, 2.45) is 5.92 Å². The molecule has 3 atom stereocenters. The van der Waals surface area contributed by atoms with Crippen molar-refractivity contribution in [2.45, 2.75) is 25.4 Å². The van der Waals surface area contributed by atoms with Gasteiger partial charge in [0.15, 0.2) is 0 Å². The number of aliphatic hydroxyl groups is 1. The van der Waals surface area contributed by atoms with Crippen molar-refractivity contribution >= 4 is 0 Å². The van der Waals surface area contributed by atoms with Gasteiger partial charge in [0.05, 0.1) is 6.10 Å². The van der Waals surface area contributed by atoms with E-state index in [4.69, 9.17) is 4.74 Å². The van der Waals surface area contributed by atoms with E-state index < -0.39 is 0 Å². The highest BCUT2D eigenvalue weighted by molar-refractivity contribution is 5.37. The smallest absolute Gasteiger partial charge is 0.127 e.